The minimum absolute atomic E-state index is 0.0116. The number of nitrogens with zero attached hydrogens (tertiary/aromatic N) is 1. The standard InChI is InChI=1S/C23H19N3O4S2/c1-15-4-6-16(7-5-15)8-9-18-10-11-21(31-18)32(29,30)26-20(23(27)28)13-17-14-25-22-19(17)3-2-12-24-22/h2-7,10-12,14,20,26H,13H2,1H3,(H,24,25)(H,27,28)/t20-/m0/s1. The smallest absolute Gasteiger partial charge is 0.322 e. The summed E-state index contributed by atoms with van der Waals surface area (Å²) in [5.41, 5.74) is 3.23. The van der Waals surface area contributed by atoms with E-state index in [0.29, 0.717) is 16.1 Å². The molecule has 1 aromatic carbocycles. The van der Waals surface area contributed by atoms with Crippen LogP contribution in [0.1, 0.15) is 21.6 Å². The zero-order valence-electron chi connectivity index (χ0n) is 17.0. The second kappa shape index (κ2) is 8.96. The van der Waals surface area contributed by atoms with Crippen LogP contribution in [-0.2, 0) is 21.2 Å². The van der Waals surface area contributed by atoms with Gasteiger partial charge in [-0.1, -0.05) is 29.5 Å². The van der Waals surface area contributed by atoms with Crippen LogP contribution in [0, 0.1) is 18.8 Å². The highest BCUT2D eigenvalue weighted by atomic mass is 32.2. The molecule has 32 heavy (non-hydrogen) atoms. The van der Waals surface area contributed by atoms with Gasteiger partial charge in [-0.15, -0.1) is 11.3 Å². The third-order valence-corrected chi connectivity index (χ3v) is 7.75. The van der Waals surface area contributed by atoms with E-state index < -0.39 is 22.0 Å². The monoisotopic (exact) mass is 465 g/mol. The first-order chi connectivity index (χ1) is 15.3. The number of aliphatic carboxylic acids is 1. The van der Waals surface area contributed by atoms with Gasteiger partial charge in [-0.25, -0.2) is 13.4 Å². The van der Waals surface area contributed by atoms with Gasteiger partial charge < -0.3 is 10.1 Å². The zero-order valence-corrected chi connectivity index (χ0v) is 18.6. The number of carboxylic acids is 1. The summed E-state index contributed by atoms with van der Waals surface area (Å²) in [6.07, 6.45) is 3.24. The van der Waals surface area contributed by atoms with Crippen LogP contribution < -0.4 is 4.72 Å². The third kappa shape index (κ3) is 4.89. The van der Waals surface area contributed by atoms with Gasteiger partial charge in [0, 0.05) is 29.8 Å². The Labute approximate surface area is 189 Å². The van der Waals surface area contributed by atoms with Gasteiger partial charge in [-0.2, -0.15) is 4.72 Å². The molecule has 0 fully saturated rings. The Morgan fingerprint density at radius 2 is 1.97 bits per heavy atom. The van der Waals surface area contributed by atoms with E-state index in [1.54, 1.807) is 30.6 Å². The number of carboxylic acid groups (broad SMARTS) is 1. The molecule has 0 aliphatic heterocycles. The third-order valence-electron chi connectivity index (χ3n) is 4.78. The molecule has 0 bridgehead atoms. The lowest BCUT2D eigenvalue weighted by atomic mass is 10.1. The molecule has 3 aromatic heterocycles. The number of benzene rings is 1. The van der Waals surface area contributed by atoms with Crippen LogP contribution in [0.2, 0.25) is 0 Å². The fourth-order valence-electron chi connectivity index (χ4n) is 3.13. The number of thiophene rings is 1. The number of sulfonamides is 1. The molecule has 0 saturated heterocycles. The summed E-state index contributed by atoms with van der Waals surface area (Å²) in [5.74, 6) is 4.69. The molecular weight excluding hydrogens is 446 g/mol. The number of hydrogen-bond acceptors (Lipinski definition) is 5. The Morgan fingerprint density at radius 1 is 1.19 bits per heavy atom. The molecular formula is C23H19N3O4S2. The van der Waals surface area contributed by atoms with Crippen molar-refractivity contribution in [1.29, 1.82) is 0 Å². The van der Waals surface area contributed by atoms with E-state index in [1.807, 2.05) is 31.2 Å². The first-order valence-corrected chi connectivity index (χ1v) is 12.0. The van der Waals surface area contributed by atoms with Gasteiger partial charge in [0.25, 0.3) is 10.0 Å². The fraction of sp³-hybridized carbons (Fsp3) is 0.130. The van der Waals surface area contributed by atoms with E-state index in [0.717, 1.165) is 27.8 Å². The second-order valence-corrected chi connectivity index (χ2v) is 10.2. The van der Waals surface area contributed by atoms with Crippen molar-refractivity contribution in [2.24, 2.45) is 0 Å². The highest BCUT2D eigenvalue weighted by Crippen LogP contribution is 2.23. The molecule has 0 unspecified atom stereocenters. The SMILES string of the molecule is Cc1ccc(C#Cc2ccc(S(=O)(=O)N[C@@H](Cc3c[nH]c4ncccc34)C(=O)O)s2)cc1. The largest absolute Gasteiger partial charge is 0.480 e. The Kier molecular flexibility index (Phi) is 6.10. The quantitative estimate of drug-likeness (QED) is 0.378. The maximum atomic E-state index is 12.8. The average molecular weight is 466 g/mol. The lowest BCUT2D eigenvalue weighted by Crippen LogP contribution is -2.41. The maximum Gasteiger partial charge on any atom is 0.322 e. The van der Waals surface area contributed by atoms with Crippen molar-refractivity contribution in [3.63, 3.8) is 0 Å². The fourth-order valence-corrected chi connectivity index (χ4v) is 5.49. The number of fused-ring (bicyclic) bond motifs is 1. The van der Waals surface area contributed by atoms with Crippen molar-refractivity contribution in [1.82, 2.24) is 14.7 Å². The molecule has 4 rings (SSSR count). The summed E-state index contributed by atoms with van der Waals surface area (Å²) >= 11 is 0.993. The summed E-state index contributed by atoms with van der Waals surface area (Å²) in [5, 5.41) is 10.4. The van der Waals surface area contributed by atoms with Crippen LogP contribution in [0.15, 0.2) is 65.1 Å². The second-order valence-electron chi connectivity index (χ2n) is 7.16. The molecule has 3 heterocycles. The van der Waals surface area contributed by atoms with E-state index in [-0.39, 0.29) is 10.6 Å². The predicted molar refractivity (Wildman–Crippen MR) is 123 cm³/mol. The number of pyridine rings is 1. The molecule has 1 atom stereocenters. The molecule has 0 aliphatic rings. The normalized spacial score (nSPS) is 12.3. The molecule has 9 heteroatoms. The Morgan fingerprint density at radius 3 is 2.72 bits per heavy atom. The first kappa shape index (κ1) is 21.8. The minimum Gasteiger partial charge on any atom is -0.480 e. The minimum atomic E-state index is -4.03. The number of hydrogen-bond donors (Lipinski definition) is 3. The summed E-state index contributed by atoms with van der Waals surface area (Å²) in [6, 6.07) is 13.0. The predicted octanol–water partition coefficient (Wildman–Crippen LogP) is 3.31. The molecule has 162 valence electrons. The van der Waals surface area contributed by atoms with E-state index in [4.69, 9.17) is 0 Å². The van der Waals surface area contributed by atoms with E-state index >= 15 is 0 Å². The molecule has 3 N–H and O–H groups in total. The summed E-state index contributed by atoms with van der Waals surface area (Å²) in [7, 11) is -4.03. The highest BCUT2D eigenvalue weighted by Gasteiger charge is 2.27. The zero-order chi connectivity index (χ0) is 22.7. The van der Waals surface area contributed by atoms with Gasteiger partial charge >= 0.3 is 5.97 Å². The Balaban J connectivity index is 1.52. The lowest BCUT2D eigenvalue weighted by molar-refractivity contribution is -0.138. The Bertz CT molecular complexity index is 1440. The number of H-pyrrole nitrogens is 1. The van der Waals surface area contributed by atoms with Crippen LogP contribution in [0.4, 0.5) is 0 Å². The van der Waals surface area contributed by atoms with Crippen LogP contribution in [0.5, 0.6) is 0 Å². The van der Waals surface area contributed by atoms with Crippen molar-refractivity contribution in [2.75, 3.05) is 0 Å². The van der Waals surface area contributed by atoms with Gasteiger partial charge in [0.2, 0.25) is 0 Å². The number of aromatic amines is 1. The molecule has 0 saturated carbocycles. The van der Waals surface area contributed by atoms with Crippen molar-refractivity contribution in [2.45, 2.75) is 23.6 Å². The topological polar surface area (TPSA) is 112 Å². The first-order valence-electron chi connectivity index (χ1n) is 9.66. The van der Waals surface area contributed by atoms with Crippen molar-refractivity contribution >= 4 is 38.4 Å². The molecule has 0 amide bonds. The van der Waals surface area contributed by atoms with E-state index in [9.17, 15) is 18.3 Å². The molecule has 0 aliphatic carbocycles. The summed E-state index contributed by atoms with van der Waals surface area (Å²) < 4.78 is 28.0. The van der Waals surface area contributed by atoms with Crippen molar-refractivity contribution in [3.8, 4) is 11.8 Å². The van der Waals surface area contributed by atoms with E-state index in [2.05, 4.69) is 26.5 Å². The van der Waals surface area contributed by atoms with E-state index in [1.165, 1.54) is 6.07 Å². The van der Waals surface area contributed by atoms with Crippen molar-refractivity contribution < 1.29 is 18.3 Å². The summed E-state index contributed by atoms with van der Waals surface area (Å²) in [4.78, 5) is 19.5. The Hall–Kier alpha value is -3.45. The number of rotatable bonds is 6. The molecule has 4 aromatic rings. The molecule has 7 nitrogen and oxygen atoms in total. The molecule has 0 spiro atoms. The van der Waals surface area contributed by atoms with Crippen LogP contribution in [0.25, 0.3) is 11.0 Å². The van der Waals surface area contributed by atoms with Gasteiger partial charge in [-0.3, -0.25) is 4.79 Å². The van der Waals surface area contributed by atoms with Gasteiger partial charge in [-0.05, 0) is 48.9 Å². The summed E-state index contributed by atoms with van der Waals surface area (Å²) in [6.45, 7) is 1.99. The number of aromatic nitrogens is 2. The maximum absolute atomic E-state index is 12.8. The number of nitrogens with one attached hydrogen (secondary N) is 2. The number of aryl methyl sites for hydroxylation is 1. The van der Waals surface area contributed by atoms with Crippen molar-refractivity contribution in [3.05, 3.63) is 82.5 Å². The molecule has 0 radical (unpaired) electrons. The van der Waals surface area contributed by atoms with Gasteiger partial charge in [0.05, 0.1) is 4.88 Å². The lowest BCUT2D eigenvalue weighted by Gasteiger charge is -2.13. The van der Waals surface area contributed by atoms with Crippen LogP contribution >= 0.6 is 11.3 Å². The van der Waals surface area contributed by atoms with Crippen LogP contribution in [0.3, 0.4) is 0 Å². The van der Waals surface area contributed by atoms with Gasteiger partial charge in [0.15, 0.2) is 0 Å². The van der Waals surface area contributed by atoms with Crippen LogP contribution in [-0.4, -0.2) is 35.5 Å². The highest BCUT2D eigenvalue weighted by molar-refractivity contribution is 7.91. The number of carbonyl (C=O) groups is 1. The average Bonchev–Trinajstić information content (AvgIpc) is 3.41. The van der Waals surface area contributed by atoms with Gasteiger partial charge in [0.1, 0.15) is 15.9 Å².